The number of ether oxygens (including phenoxy) is 2. The van der Waals surface area contributed by atoms with E-state index in [-0.39, 0.29) is 5.97 Å². The van der Waals surface area contributed by atoms with Gasteiger partial charge in [0.1, 0.15) is 12.4 Å². The molecule has 0 N–H and O–H groups in total. The molecule has 0 aromatic heterocycles. The van der Waals surface area contributed by atoms with E-state index in [0.717, 1.165) is 16.9 Å². The Labute approximate surface area is 124 Å². The molecule has 3 nitrogen and oxygen atoms in total. The van der Waals surface area contributed by atoms with E-state index in [9.17, 15) is 4.79 Å². The van der Waals surface area contributed by atoms with Gasteiger partial charge in [-0.1, -0.05) is 48.5 Å². The zero-order valence-electron chi connectivity index (χ0n) is 12.2. The van der Waals surface area contributed by atoms with E-state index in [0.29, 0.717) is 12.2 Å². The third kappa shape index (κ3) is 3.96. The third-order valence-corrected chi connectivity index (χ3v) is 3.11. The fourth-order valence-corrected chi connectivity index (χ4v) is 1.98. The summed E-state index contributed by atoms with van der Waals surface area (Å²) in [7, 11) is 1.38. The summed E-state index contributed by atoms with van der Waals surface area (Å²) in [5.41, 5.74) is 2.48. The molecule has 0 unspecified atom stereocenters. The van der Waals surface area contributed by atoms with Crippen molar-refractivity contribution in [1.82, 2.24) is 0 Å². The molecule has 2 aromatic carbocycles. The van der Waals surface area contributed by atoms with Crippen LogP contribution in [0.15, 0.2) is 60.7 Å². The minimum absolute atomic E-state index is 0.338. The van der Waals surface area contributed by atoms with Gasteiger partial charge in [-0.2, -0.15) is 0 Å². The number of allylic oxidation sites excluding steroid dienone is 1. The quantitative estimate of drug-likeness (QED) is 0.617. The molecule has 0 heterocycles. The maximum atomic E-state index is 11.6. The highest BCUT2D eigenvalue weighted by Crippen LogP contribution is 2.20. The van der Waals surface area contributed by atoms with Crippen LogP contribution in [0.2, 0.25) is 0 Å². The van der Waals surface area contributed by atoms with Crippen molar-refractivity contribution in [2.45, 2.75) is 13.5 Å². The van der Waals surface area contributed by atoms with Gasteiger partial charge in [0, 0.05) is 0 Å². The number of methoxy groups -OCH3 is 1. The van der Waals surface area contributed by atoms with Crippen LogP contribution < -0.4 is 4.74 Å². The standard InChI is InChI=1S/C18H18O3/c1-3-17(18(19)20-2)15-9-11-16(12-10-15)21-13-14-7-5-4-6-8-14/h3-12H,13H2,1-2H3. The largest absolute Gasteiger partial charge is 0.489 e. The van der Waals surface area contributed by atoms with E-state index >= 15 is 0 Å². The Morgan fingerprint density at radius 1 is 1.05 bits per heavy atom. The number of carbonyl (C=O) groups is 1. The first kappa shape index (κ1) is 14.9. The Hall–Kier alpha value is -2.55. The summed E-state index contributed by atoms with van der Waals surface area (Å²) >= 11 is 0. The van der Waals surface area contributed by atoms with Gasteiger partial charge in [0.25, 0.3) is 0 Å². The van der Waals surface area contributed by atoms with Crippen LogP contribution in [0.3, 0.4) is 0 Å². The number of rotatable bonds is 5. The van der Waals surface area contributed by atoms with Crippen LogP contribution in [0.1, 0.15) is 18.1 Å². The van der Waals surface area contributed by atoms with Crippen LogP contribution in [-0.4, -0.2) is 13.1 Å². The van der Waals surface area contributed by atoms with Crippen LogP contribution in [-0.2, 0) is 16.1 Å². The maximum absolute atomic E-state index is 11.6. The summed E-state index contributed by atoms with van der Waals surface area (Å²) < 4.78 is 10.5. The van der Waals surface area contributed by atoms with Gasteiger partial charge in [0.15, 0.2) is 0 Å². The molecule has 0 bridgehead atoms. The molecule has 0 fully saturated rings. The van der Waals surface area contributed by atoms with Crippen molar-refractivity contribution in [3.63, 3.8) is 0 Å². The first-order valence-corrected chi connectivity index (χ1v) is 6.76. The van der Waals surface area contributed by atoms with Crippen LogP contribution in [0, 0.1) is 0 Å². The lowest BCUT2D eigenvalue weighted by atomic mass is 10.1. The average molecular weight is 282 g/mol. The zero-order valence-corrected chi connectivity index (χ0v) is 12.2. The van der Waals surface area contributed by atoms with Gasteiger partial charge in [-0.15, -0.1) is 0 Å². The number of hydrogen-bond donors (Lipinski definition) is 0. The van der Waals surface area contributed by atoms with E-state index in [1.807, 2.05) is 61.5 Å². The van der Waals surface area contributed by atoms with Crippen molar-refractivity contribution in [1.29, 1.82) is 0 Å². The van der Waals surface area contributed by atoms with Crippen molar-refractivity contribution in [2.75, 3.05) is 7.11 Å². The van der Waals surface area contributed by atoms with Crippen LogP contribution >= 0.6 is 0 Å². The Morgan fingerprint density at radius 2 is 1.71 bits per heavy atom. The second-order valence-electron chi connectivity index (χ2n) is 4.49. The maximum Gasteiger partial charge on any atom is 0.338 e. The van der Waals surface area contributed by atoms with E-state index in [4.69, 9.17) is 9.47 Å². The lowest BCUT2D eigenvalue weighted by Crippen LogP contribution is -2.03. The average Bonchev–Trinajstić information content (AvgIpc) is 2.55. The van der Waals surface area contributed by atoms with Crippen LogP contribution in [0.5, 0.6) is 5.75 Å². The molecule has 0 aliphatic carbocycles. The zero-order chi connectivity index (χ0) is 15.1. The van der Waals surface area contributed by atoms with E-state index < -0.39 is 0 Å². The first-order chi connectivity index (χ1) is 10.2. The van der Waals surface area contributed by atoms with Crippen molar-refractivity contribution < 1.29 is 14.3 Å². The summed E-state index contributed by atoms with van der Waals surface area (Å²) in [6.45, 7) is 2.33. The Bertz CT molecular complexity index is 613. The van der Waals surface area contributed by atoms with Gasteiger partial charge in [0.2, 0.25) is 0 Å². The highest BCUT2D eigenvalue weighted by Gasteiger charge is 2.10. The lowest BCUT2D eigenvalue weighted by Gasteiger charge is -2.08. The van der Waals surface area contributed by atoms with E-state index in [1.54, 1.807) is 6.08 Å². The van der Waals surface area contributed by atoms with Crippen molar-refractivity contribution in [2.24, 2.45) is 0 Å². The predicted molar refractivity (Wildman–Crippen MR) is 82.9 cm³/mol. The Kier molecular flexibility index (Phi) is 5.16. The summed E-state index contributed by atoms with van der Waals surface area (Å²) in [5.74, 6) is 0.429. The van der Waals surface area contributed by atoms with Gasteiger partial charge in [0.05, 0.1) is 12.7 Å². The highest BCUT2D eigenvalue weighted by molar-refractivity contribution is 6.16. The van der Waals surface area contributed by atoms with E-state index in [2.05, 4.69) is 0 Å². The second-order valence-corrected chi connectivity index (χ2v) is 4.49. The molecule has 2 rings (SSSR count). The normalized spacial score (nSPS) is 11.0. The molecule has 0 aliphatic heterocycles. The molecule has 0 aliphatic rings. The summed E-state index contributed by atoms with van der Waals surface area (Å²) in [6, 6.07) is 17.4. The molecule has 0 saturated carbocycles. The van der Waals surface area contributed by atoms with Gasteiger partial charge in [-0.05, 0) is 30.2 Å². The fourth-order valence-electron chi connectivity index (χ4n) is 1.98. The smallest absolute Gasteiger partial charge is 0.338 e. The summed E-state index contributed by atoms with van der Waals surface area (Å²) in [5, 5.41) is 0. The van der Waals surface area contributed by atoms with Gasteiger partial charge < -0.3 is 9.47 Å². The molecule has 2 aromatic rings. The molecule has 108 valence electrons. The number of hydrogen-bond acceptors (Lipinski definition) is 3. The van der Waals surface area contributed by atoms with Gasteiger partial charge >= 0.3 is 5.97 Å². The second kappa shape index (κ2) is 7.29. The molecule has 0 spiro atoms. The highest BCUT2D eigenvalue weighted by atomic mass is 16.5. The summed E-state index contributed by atoms with van der Waals surface area (Å²) in [4.78, 5) is 11.6. The lowest BCUT2D eigenvalue weighted by molar-refractivity contribution is -0.133. The first-order valence-electron chi connectivity index (χ1n) is 6.76. The van der Waals surface area contributed by atoms with Crippen LogP contribution in [0.4, 0.5) is 0 Å². The van der Waals surface area contributed by atoms with Crippen LogP contribution in [0.25, 0.3) is 5.57 Å². The molecule has 0 amide bonds. The Morgan fingerprint density at radius 3 is 2.29 bits per heavy atom. The molecule has 3 heteroatoms. The minimum atomic E-state index is -0.338. The molecule has 21 heavy (non-hydrogen) atoms. The molecular weight excluding hydrogens is 264 g/mol. The van der Waals surface area contributed by atoms with Crippen molar-refractivity contribution >= 4 is 11.5 Å². The Balaban J connectivity index is 2.04. The van der Waals surface area contributed by atoms with Gasteiger partial charge in [-0.25, -0.2) is 4.79 Å². The van der Waals surface area contributed by atoms with E-state index in [1.165, 1.54) is 7.11 Å². The number of benzene rings is 2. The van der Waals surface area contributed by atoms with Crippen molar-refractivity contribution in [3.05, 3.63) is 71.8 Å². The molecule has 0 radical (unpaired) electrons. The summed E-state index contributed by atoms with van der Waals surface area (Å²) in [6.07, 6.45) is 1.74. The number of carbonyl (C=O) groups excluding carboxylic acids is 1. The fraction of sp³-hybridized carbons (Fsp3) is 0.167. The van der Waals surface area contributed by atoms with Crippen molar-refractivity contribution in [3.8, 4) is 5.75 Å². The monoisotopic (exact) mass is 282 g/mol. The SMILES string of the molecule is CC=C(C(=O)OC)c1ccc(OCc2ccccc2)cc1. The molecule has 0 atom stereocenters. The topological polar surface area (TPSA) is 35.5 Å². The minimum Gasteiger partial charge on any atom is -0.489 e. The molecule has 0 saturated heterocycles. The van der Waals surface area contributed by atoms with Gasteiger partial charge in [-0.3, -0.25) is 0 Å². The molecular formula is C18H18O3. The number of esters is 1. The third-order valence-electron chi connectivity index (χ3n) is 3.11. The predicted octanol–water partition coefficient (Wildman–Crippen LogP) is 3.84.